The second-order valence-corrected chi connectivity index (χ2v) is 15.2. The molecule has 0 atom stereocenters. The molecule has 8 aromatic carbocycles. The van der Waals surface area contributed by atoms with E-state index < -0.39 is 0 Å². The molecule has 0 aliphatic heterocycles. The van der Waals surface area contributed by atoms with Crippen molar-refractivity contribution in [1.82, 2.24) is 19.6 Å². The van der Waals surface area contributed by atoms with Gasteiger partial charge in [0.05, 0.1) is 22.6 Å². The summed E-state index contributed by atoms with van der Waals surface area (Å²) in [4.78, 5) is 10.3. The van der Waals surface area contributed by atoms with Crippen LogP contribution in [-0.2, 0) is 0 Å². The number of fused-ring (bicyclic) bond motifs is 3. The van der Waals surface area contributed by atoms with E-state index in [9.17, 15) is 0 Å². The summed E-state index contributed by atoms with van der Waals surface area (Å²) in [5.74, 6) is 0.693. The minimum Gasteiger partial charge on any atom is -0.231 e. The highest BCUT2D eigenvalue weighted by Gasteiger charge is 2.22. The minimum absolute atomic E-state index is 0.693. The fourth-order valence-electron chi connectivity index (χ4n) is 8.48. The van der Waals surface area contributed by atoms with Crippen molar-refractivity contribution in [2.45, 2.75) is 0 Å². The lowest BCUT2D eigenvalue weighted by atomic mass is 9.93. The monoisotopic (exact) mass is 778 g/mol. The molecule has 3 heterocycles. The van der Waals surface area contributed by atoms with Gasteiger partial charge in [-0.2, -0.15) is 5.10 Å². The second-order valence-electron chi connectivity index (χ2n) is 15.2. The lowest BCUT2D eigenvalue weighted by Gasteiger charge is -2.14. The molecule has 0 saturated carbocycles. The number of rotatable bonds is 8. The third-order valence-corrected chi connectivity index (χ3v) is 11.5. The normalized spacial score (nSPS) is 11.3. The van der Waals surface area contributed by atoms with Gasteiger partial charge < -0.3 is 0 Å². The van der Waals surface area contributed by atoms with Gasteiger partial charge >= 0.3 is 0 Å². The predicted molar refractivity (Wildman–Crippen MR) is 252 cm³/mol. The van der Waals surface area contributed by atoms with Crippen LogP contribution in [0.5, 0.6) is 0 Å². The second kappa shape index (κ2) is 15.5. The number of pyridine rings is 1. The summed E-state index contributed by atoms with van der Waals surface area (Å²) in [6.45, 7) is 0. The summed E-state index contributed by atoms with van der Waals surface area (Å²) >= 11 is 0. The van der Waals surface area contributed by atoms with Crippen LogP contribution in [0.15, 0.2) is 231 Å². The Labute approximate surface area is 354 Å². The molecule has 11 aromatic rings. The highest BCUT2D eigenvalue weighted by molar-refractivity contribution is 6.12. The molecule has 4 heteroatoms. The number of hydrogen-bond donors (Lipinski definition) is 0. The highest BCUT2D eigenvalue weighted by Crippen LogP contribution is 2.43. The first-order valence-electron chi connectivity index (χ1n) is 20.6. The largest absolute Gasteiger partial charge is 0.231 e. The first-order chi connectivity index (χ1) is 30.2. The average Bonchev–Trinajstić information content (AvgIpc) is 3.76. The van der Waals surface area contributed by atoms with Gasteiger partial charge in [-0.1, -0.05) is 212 Å². The van der Waals surface area contributed by atoms with Gasteiger partial charge in [0.25, 0.3) is 0 Å². The Morgan fingerprint density at radius 1 is 0.311 bits per heavy atom. The van der Waals surface area contributed by atoms with Crippen LogP contribution >= 0.6 is 0 Å². The van der Waals surface area contributed by atoms with Crippen LogP contribution in [0.1, 0.15) is 0 Å². The molecule has 286 valence electrons. The van der Waals surface area contributed by atoms with Gasteiger partial charge in [0.2, 0.25) is 0 Å². The van der Waals surface area contributed by atoms with Crippen LogP contribution in [0.25, 0.3) is 106 Å². The van der Waals surface area contributed by atoms with Gasteiger partial charge in [-0.15, -0.1) is 0 Å². The predicted octanol–water partition coefficient (Wildman–Crippen LogP) is 14.6. The number of aromatic nitrogens is 4. The molecule has 0 bridgehead atoms. The van der Waals surface area contributed by atoms with Crippen molar-refractivity contribution in [3.05, 3.63) is 231 Å². The maximum atomic E-state index is 5.42. The molecule has 0 saturated heterocycles. The van der Waals surface area contributed by atoms with Gasteiger partial charge in [-0.25, -0.2) is 14.5 Å². The van der Waals surface area contributed by atoms with E-state index in [0.717, 1.165) is 94.7 Å². The number of nitrogens with zero attached hydrogens (tertiary/aromatic N) is 4. The molecule has 0 unspecified atom stereocenters. The van der Waals surface area contributed by atoms with Gasteiger partial charge in [-0.05, 0) is 51.4 Å². The highest BCUT2D eigenvalue weighted by atomic mass is 15.2. The summed E-state index contributed by atoms with van der Waals surface area (Å²) in [7, 11) is 0. The third-order valence-electron chi connectivity index (χ3n) is 11.5. The molecule has 4 nitrogen and oxygen atoms in total. The average molecular weight is 779 g/mol. The van der Waals surface area contributed by atoms with E-state index in [0.29, 0.717) is 5.82 Å². The molecular weight excluding hydrogens is 741 g/mol. The van der Waals surface area contributed by atoms with Crippen molar-refractivity contribution >= 4 is 16.3 Å². The van der Waals surface area contributed by atoms with Crippen molar-refractivity contribution in [1.29, 1.82) is 0 Å². The van der Waals surface area contributed by atoms with E-state index in [1.54, 1.807) is 0 Å². The summed E-state index contributed by atoms with van der Waals surface area (Å²) in [6.07, 6.45) is 0. The quantitative estimate of drug-likeness (QED) is 0.154. The van der Waals surface area contributed by atoms with Crippen molar-refractivity contribution < 1.29 is 0 Å². The maximum Gasteiger partial charge on any atom is 0.160 e. The molecule has 0 fully saturated rings. The third kappa shape index (κ3) is 6.76. The van der Waals surface area contributed by atoms with Gasteiger partial charge in [-0.3, -0.25) is 0 Å². The van der Waals surface area contributed by atoms with Crippen LogP contribution in [0.3, 0.4) is 0 Å². The lowest BCUT2D eigenvalue weighted by molar-refractivity contribution is 0.979. The fraction of sp³-hybridized carbons (Fsp3) is 0. The van der Waals surface area contributed by atoms with Crippen molar-refractivity contribution in [3.63, 3.8) is 0 Å². The van der Waals surface area contributed by atoms with E-state index in [2.05, 4.69) is 211 Å². The Kier molecular flexibility index (Phi) is 9.14. The van der Waals surface area contributed by atoms with E-state index in [4.69, 9.17) is 15.1 Å². The maximum absolute atomic E-state index is 5.42. The van der Waals surface area contributed by atoms with Gasteiger partial charge in [0.1, 0.15) is 5.69 Å². The Balaban J connectivity index is 1.08. The van der Waals surface area contributed by atoms with Gasteiger partial charge in [0.15, 0.2) is 5.82 Å². The molecule has 0 spiro atoms. The summed E-state index contributed by atoms with van der Waals surface area (Å²) in [5, 5.41) is 7.71. The smallest absolute Gasteiger partial charge is 0.160 e. The summed E-state index contributed by atoms with van der Waals surface area (Å²) in [5.41, 5.74) is 16.9. The fourth-order valence-corrected chi connectivity index (χ4v) is 8.48. The minimum atomic E-state index is 0.693. The van der Waals surface area contributed by atoms with E-state index in [1.807, 2.05) is 24.3 Å². The van der Waals surface area contributed by atoms with Crippen LogP contribution in [0, 0.1) is 0 Å². The zero-order valence-electron chi connectivity index (χ0n) is 33.2. The van der Waals surface area contributed by atoms with Crippen LogP contribution in [-0.4, -0.2) is 19.6 Å². The first kappa shape index (κ1) is 35.9. The molecule has 0 N–H and O–H groups in total. The molecule has 0 amide bonds. The van der Waals surface area contributed by atoms with E-state index in [-0.39, 0.29) is 0 Å². The number of benzene rings is 8. The SMILES string of the molecule is c1ccc(-c2cccc(-c3cc(-c4ccc(-c5cccc6c5cc(-c5ccccc5)n5nc(-c7ccccc7)c(-c7ccccc7)c65)cc4)nc(-c4ccccc4)n3)c2)cc1. The Bertz CT molecular complexity index is 3310. The Morgan fingerprint density at radius 2 is 0.820 bits per heavy atom. The number of hydrogen-bond acceptors (Lipinski definition) is 3. The molecule has 0 aliphatic rings. The van der Waals surface area contributed by atoms with Crippen molar-refractivity contribution in [3.8, 4) is 89.8 Å². The van der Waals surface area contributed by atoms with Crippen LogP contribution < -0.4 is 0 Å². The molecule has 61 heavy (non-hydrogen) atoms. The molecule has 0 aliphatic carbocycles. The van der Waals surface area contributed by atoms with Crippen molar-refractivity contribution in [2.75, 3.05) is 0 Å². The molecule has 0 radical (unpaired) electrons. The molecular formula is C57H38N4. The molecule has 11 rings (SSSR count). The zero-order chi connectivity index (χ0) is 40.5. The summed E-state index contributed by atoms with van der Waals surface area (Å²) in [6, 6.07) is 81.0. The Hall–Kier alpha value is -8.21. The van der Waals surface area contributed by atoms with Crippen molar-refractivity contribution in [2.24, 2.45) is 0 Å². The van der Waals surface area contributed by atoms with Crippen LogP contribution in [0.2, 0.25) is 0 Å². The van der Waals surface area contributed by atoms with Gasteiger partial charge in [0, 0.05) is 38.8 Å². The Morgan fingerprint density at radius 3 is 1.48 bits per heavy atom. The zero-order valence-corrected chi connectivity index (χ0v) is 33.2. The van der Waals surface area contributed by atoms with E-state index >= 15 is 0 Å². The van der Waals surface area contributed by atoms with E-state index in [1.165, 1.54) is 5.56 Å². The standard InChI is InChI=1S/C57H38N4/c1-6-18-39(19-7-1)46-28-16-29-47(36-46)52-38-51(58-57(59-52)45-26-14-5-15-27-45)41-34-32-40(33-35-41)48-30-17-31-49-50(48)37-53(42-20-8-2-9-21-42)61-56(49)54(43-22-10-3-11-23-43)55(60-61)44-24-12-4-13-25-44/h1-38H. The lowest BCUT2D eigenvalue weighted by Crippen LogP contribution is -1.97. The first-order valence-corrected chi connectivity index (χ1v) is 20.6. The van der Waals surface area contributed by atoms with Crippen LogP contribution in [0.4, 0.5) is 0 Å². The summed E-state index contributed by atoms with van der Waals surface area (Å²) < 4.78 is 2.15. The topological polar surface area (TPSA) is 43.1 Å². The molecule has 3 aromatic heterocycles.